The molecule has 3 aromatic rings. The smallest absolute Gasteiger partial charge is 0.264 e. The highest BCUT2D eigenvalue weighted by atomic mass is 32.2. The van der Waals surface area contributed by atoms with Gasteiger partial charge in [-0.15, -0.1) is 0 Å². The van der Waals surface area contributed by atoms with Crippen LogP contribution in [0.3, 0.4) is 0 Å². The number of aromatic nitrogens is 1. The van der Waals surface area contributed by atoms with E-state index in [-0.39, 0.29) is 10.8 Å². The van der Waals surface area contributed by atoms with Gasteiger partial charge in [0, 0.05) is 22.4 Å². The van der Waals surface area contributed by atoms with Crippen molar-refractivity contribution in [1.29, 1.82) is 0 Å². The fourth-order valence-corrected chi connectivity index (χ4v) is 4.49. The molecule has 8 heteroatoms. The molecule has 2 aromatic carbocycles. The van der Waals surface area contributed by atoms with Gasteiger partial charge in [0.2, 0.25) is 12.3 Å². The monoisotopic (exact) mass is 427 g/mol. The zero-order valence-corrected chi connectivity index (χ0v) is 18.2. The maximum atomic E-state index is 13.1. The fraction of sp³-hybridized carbons (Fsp3) is 0.273. The Labute approximate surface area is 176 Å². The quantitative estimate of drug-likeness (QED) is 0.515. The number of rotatable bonds is 8. The minimum atomic E-state index is -3.96. The van der Waals surface area contributed by atoms with E-state index in [9.17, 15) is 13.2 Å². The van der Waals surface area contributed by atoms with Gasteiger partial charge >= 0.3 is 0 Å². The highest BCUT2D eigenvalue weighted by molar-refractivity contribution is 7.92. The van der Waals surface area contributed by atoms with E-state index in [4.69, 9.17) is 4.52 Å². The molecule has 158 valence electrons. The van der Waals surface area contributed by atoms with Crippen molar-refractivity contribution in [2.24, 2.45) is 5.92 Å². The first-order valence-corrected chi connectivity index (χ1v) is 11.1. The molecule has 0 bridgehead atoms. The first-order chi connectivity index (χ1) is 14.2. The van der Waals surface area contributed by atoms with Crippen LogP contribution in [0.5, 0.6) is 0 Å². The van der Waals surface area contributed by atoms with Crippen molar-refractivity contribution in [1.82, 2.24) is 5.16 Å². The Morgan fingerprint density at radius 1 is 1.10 bits per heavy atom. The molecule has 30 heavy (non-hydrogen) atoms. The molecule has 1 heterocycles. The number of benzene rings is 2. The molecule has 0 aliphatic rings. The Morgan fingerprint density at radius 3 is 2.47 bits per heavy atom. The lowest BCUT2D eigenvalue weighted by Gasteiger charge is -2.16. The van der Waals surface area contributed by atoms with Crippen LogP contribution in [-0.2, 0) is 21.2 Å². The highest BCUT2D eigenvalue weighted by Gasteiger charge is 2.23. The number of anilines is 2. The normalized spacial score (nSPS) is 11.5. The van der Waals surface area contributed by atoms with Crippen molar-refractivity contribution in [3.63, 3.8) is 0 Å². The number of hydrogen-bond acceptors (Lipinski definition) is 5. The Balaban J connectivity index is 2.08. The Kier molecular flexibility index (Phi) is 6.26. The van der Waals surface area contributed by atoms with E-state index < -0.39 is 10.0 Å². The summed E-state index contributed by atoms with van der Waals surface area (Å²) in [5, 5.41) is 6.50. The first kappa shape index (κ1) is 21.6. The van der Waals surface area contributed by atoms with Crippen molar-refractivity contribution >= 4 is 28.0 Å². The molecule has 0 saturated carbocycles. The summed E-state index contributed by atoms with van der Waals surface area (Å²) in [6.07, 6.45) is 1.44. The summed E-state index contributed by atoms with van der Waals surface area (Å²) in [5.41, 5.74) is 3.93. The number of aryl methyl sites for hydroxylation is 1. The number of carbonyl (C=O) groups excluding carboxylic acids is 1. The number of nitrogens with zero attached hydrogens (tertiary/aromatic N) is 1. The standard InChI is InChI=1S/C22H25N3O4S/c1-14(2)11-17-9-10-18(20(12-17)23-13-26)19-7-5-6-8-21(19)30(27,28)25-22-15(3)16(4)24-29-22/h5-10,12-14,25H,11H2,1-4H3,(H,23,26). The average molecular weight is 428 g/mol. The largest absolute Gasteiger partial charge is 0.337 e. The molecule has 0 unspecified atom stereocenters. The molecule has 0 fully saturated rings. The molecular weight excluding hydrogens is 402 g/mol. The van der Waals surface area contributed by atoms with Crippen LogP contribution < -0.4 is 10.0 Å². The van der Waals surface area contributed by atoms with Crippen LogP contribution in [-0.4, -0.2) is 20.0 Å². The number of sulfonamides is 1. The summed E-state index contributed by atoms with van der Waals surface area (Å²) < 4.78 is 33.9. The third kappa shape index (κ3) is 4.54. The van der Waals surface area contributed by atoms with E-state index in [2.05, 4.69) is 29.0 Å². The van der Waals surface area contributed by atoms with E-state index in [1.165, 1.54) is 6.07 Å². The predicted molar refractivity (Wildman–Crippen MR) is 117 cm³/mol. The summed E-state index contributed by atoms with van der Waals surface area (Å²) in [6.45, 7) is 7.69. The van der Waals surface area contributed by atoms with Crippen LogP contribution in [0.1, 0.15) is 30.7 Å². The van der Waals surface area contributed by atoms with Crippen LogP contribution in [0.15, 0.2) is 51.9 Å². The van der Waals surface area contributed by atoms with E-state index in [0.717, 1.165) is 12.0 Å². The number of hydrogen-bond donors (Lipinski definition) is 2. The van der Waals surface area contributed by atoms with Gasteiger partial charge in [0.1, 0.15) is 0 Å². The van der Waals surface area contributed by atoms with Gasteiger partial charge in [-0.3, -0.25) is 4.79 Å². The van der Waals surface area contributed by atoms with Gasteiger partial charge in [-0.25, -0.2) is 13.1 Å². The van der Waals surface area contributed by atoms with Gasteiger partial charge in [0.05, 0.1) is 10.6 Å². The molecule has 2 N–H and O–H groups in total. The summed E-state index contributed by atoms with van der Waals surface area (Å²) in [4.78, 5) is 11.3. The molecule has 1 aromatic heterocycles. The van der Waals surface area contributed by atoms with Crippen LogP contribution in [0.25, 0.3) is 11.1 Å². The van der Waals surface area contributed by atoms with Crippen molar-refractivity contribution in [3.05, 3.63) is 59.3 Å². The van der Waals surface area contributed by atoms with E-state index >= 15 is 0 Å². The molecule has 0 atom stereocenters. The summed E-state index contributed by atoms with van der Waals surface area (Å²) >= 11 is 0. The van der Waals surface area contributed by atoms with Gasteiger partial charge in [-0.1, -0.05) is 49.3 Å². The molecule has 0 radical (unpaired) electrons. The van der Waals surface area contributed by atoms with Gasteiger partial charge in [-0.2, -0.15) is 0 Å². The Morgan fingerprint density at radius 2 is 1.83 bits per heavy atom. The van der Waals surface area contributed by atoms with Crippen molar-refractivity contribution in [2.75, 3.05) is 10.0 Å². The highest BCUT2D eigenvalue weighted by Crippen LogP contribution is 2.35. The zero-order chi connectivity index (χ0) is 21.9. The van der Waals surface area contributed by atoms with Gasteiger partial charge < -0.3 is 9.84 Å². The molecular formula is C22H25N3O4S. The third-order valence-electron chi connectivity index (χ3n) is 4.79. The number of amides is 1. The molecule has 3 rings (SSSR count). The minimum Gasteiger partial charge on any atom is -0.337 e. The second-order valence-corrected chi connectivity index (χ2v) is 9.21. The van der Waals surface area contributed by atoms with E-state index in [1.54, 1.807) is 32.0 Å². The Hall–Kier alpha value is -3.13. The molecule has 0 saturated heterocycles. The maximum absolute atomic E-state index is 13.1. The van der Waals surface area contributed by atoms with Gasteiger partial charge in [-0.05, 0) is 43.9 Å². The third-order valence-corrected chi connectivity index (χ3v) is 6.18. The van der Waals surface area contributed by atoms with Crippen LogP contribution in [0.4, 0.5) is 11.6 Å². The lowest BCUT2D eigenvalue weighted by molar-refractivity contribution is -0.105. The topological polar surface area (TPSA) is 101 Å². The minimum absolute atomic E-state index is 0.0732. The van der Waals surface area contributed by atoms with Crippen molar-refractivity contribution in [2.45, 2.75) is 39.0 Å². The lowest BCUT2D eigenvalue weighted by Crippen LogP contribution is -2.14. The Bertz CT molecular complexity index is 1170. The molecule has 0 spiro atoms. The number of carbonyl (C=O) groups is 1. The second kappa shape index (κ2) is 8.71. The van der Waals surface area contributed by atoms with Crippen LogP contribution in [0, 0.1) is 19.8 Å². The van der Waals surface area contributed by atoms with Crippen molar-refractivity contribution < 1.29 is 17.7 Å². The maximum Gasteiger partial charge on any atom is 0.264 e. The molecule has 7 nitrogen and oxygen atoms in total. The average Bonchev–Trinajstić information content (AvgIpc) is 3.00. The zero-order valence-electron chi connectivity index (χ0n) is 17.4. The first-order valence-electron chi connectivity index (χ1n) is 9.61. The summed E-state index contributed by atoms with van der Waals surface area (Å²) in [7, 11) is -3.96. The fourth-order valence-electron chi connectivity index (χ4n) is 3.22. The van der Waals surface area contributed by atoms with E-state index in [0.29, 0.717) is 40.4 Å². The van der Waals surface area contributed by atoms with Crippen LogP contribution >= 0.6 is 0 Å². The molecule has 0 aliphatic carbocycles. The SMILES string of the molecule is Cc1noc(NS(=O)(=O)c2ccccc2-c2ccc(CC(C)C)cc2NC=O)c1C. The summed E-state index contributed by atoms with van der Waals surface area (Å²) in [6, 6.07) is 12.3. The predicted octanol–water partition coefficient (Wildman–Crippen LogP) is 4.53. The molecule has 0 aliphatic heterocycles. The van der Waals surface area contributed by atoms with E-state index in [1.807, 2.05) is 18.2 Å². The lowest BCUT2D eigenvalue weighted by atomic mass is 9.97. The number of nitrogens with one attached hydrogen (secondary N) is 2. The summed E-state index contributed by atoms with van der Waals surface area (Å²) in [5.74, 6) is 0.534. The second-order valence-electron chi connectivity index (χ2n) is 7.56. The van der Waals surface area contributed by atoms with Gasteiger partial charge in [0.15, 0.2) is 0 Å². The van der Waals surface area contributed by atoms with Crippen LogP contribution in [0.2, 0.25) is 0 Å². The van der Waals surface area contributed by atoms with Crippen molar-refractivity contribution in [3.8, 4) is 11.1 Å². The molecule has 1 amide bonds. The van der Waals surface area contributed by atoms with Gasteiger partial charge in [0.25, 0.3) is 10.0 Å².